The molecule has 0 radical (unpaired) electrons. The molecule has 1 heterocycles. The number of benzene rings is 1. The van der Waals surface area contributed by atoms with E-state index >= 15 is 0 Å². The van der Waals surface area contributed by atoms with E-state index in [0.717, 1.165) is 35.8 Å². The fraction of sp³-hybridized carbons (Fsp3) is 0.562. The summed E-state index contributed by atoms with van der Waals surface area (Å²) in [4.78, 5) is 5.30. The molecule has 0 amide bonds. The van der Waals surface area contributed by atoms with Crippen LogP contribution in [0, 0.1) is 0 Å². The molecule has 1 aromatic rings. The molecule has 1 aliphatic rings. The maximum Gasteiger partial charge on any atom is 0.104 e. The van der Waals surface area contributed by atoms with Crippen LogP contribution in [0.1, 0.15) is 30.9 Å². The Hall–Kier alpha value is -0.680. The number of likely N-dealkylation sites (N-methyl/N-ethyl adjacent to an activating group) is 2. The third-order valence-electron chi connectivity index (χ3n) is 4.21. The second kappa shape index (κ2) is 7.54. The number of likely N-dealkylation sites (tertiary alicyclic amines) is 1. The molecule has 1 aliphatic heterocycles. The molecule has 2 N–H and O–H groups in total. The van der Waals surface area contributed by atoms with Crippen LogP contribution in [-0.4, -0.2) is 47.5 Å². The molecule has 0 saturated carbocycles. The molecule has 21 heavy (non-hydrogen) atoms. The van der Waals surface area contributed by atoms with Crippen LogP contribution in [0.5, 0.6) is 0 Å². The first-order valence-electron chi connectivity index (χ1n) is 7.52. The highest BCUT2D eigenvalue weighted by Crippen LogP contribution is 2.21. The molecule has 1 unspecified atom stereocenters. The standard InChI is InChI=1S/C16H24ClN3S/c1-3-20-8-4-5-14(20)11-19(2)10-13-7-6-12(16(18)21)9-15(13)17/h6-7,9,14H,3-5,8,10-11H2,1-2H3,(H2,18,21). The summed E-state index contributed by atoms with van der Waals surface area (Å²) in [7, 11) is 2.16. The van der Waals surface area contributed by atoms with Gasteiger partial charge >= 0.3 is 0 Å². The van der Waals surface area contributed by atoms with Gasteiger partial charge in [-0.1, -0.05) is 42.9 Å². The fourth-order valence-corrected chi connectivity index (χ4v) is 3.43. The lowest BCUT2D eigenvalue weighted by Gasteiger charge is -2.28. The molecule has 0 bridgehead atoms. The van der Waals surface area contributed by atoms with E-state index in [1.165, 1.54) is 19.4 Å². The summed E-state index contributed by atoms with van der Waals surface area (Å²) in [5.74, 6) is 0. The van der Waals surface area contributed by atoms with Crippen molar-refractivity contribution in [3.8, 4) is 0 Å². The smallest absolute Gasteiger partial charge is 0.104 e. The van der Waals surface area contributed by atoms with E-state index in [4.69, 9.17) is 29.6 Å². The van der Waals surface area contributed by atoms with E-state index in [-0.39, 0.29) is 0 Å². The Labute approximate surface area is 138 Å². The average molecular weight is 326 g/mol. The molecule has 116 valence electrons. The van der Waals surface area contributed by atoms with Gasteiger partial charge in [-0.05, 0) is 44.6 Å². The van der Waals surface area contributed by atoms with Crippen LogP contribution in [0.2, 0.25) is 5.02 Å². The predicted octanol–water partition coefficient (Wildman–Crippen LogP) is 2.89. The minimum Gasteiger partial charge on any atom is -0.389 e. The van der Waals surface area contributed by atoms with Crippen LogP contribution in [0.25, 0.3) is 0 Å². The van der Waals surface area contributed by atoms with Crippen LogP contribution in [0.3, 0.4) is 0 Å². The van der Waals surface area contributed by atoms with Gasteiger partial charge in [0.05, 0.1) is 0 Å². The van der Waals surface area contributed by atoms with Crippen molar-refractivity contribution in [3.63, 3.8) is 0 Å². The van der Waals surface area contributed by atoms with Gasteiger partial charge in [0.2, 0.25) is 0 Å². The quantitative estimate of drug-likeness (QED) is 0.815. The molecule has 0 aliphatic carbocycles. The van der Waals surface area contributed by atoms with Gasteiger partial charge in [-0.3, -0.25) is 4.90 Å². The topological polar surface area (TPSA) is 32.5 Å². The molecule has 1 atom stereocenters. The third kappa shape index (κ3) is 4.39. The number of hydrogen-bond donors (Lipinski definition) is 1. The number of nitrogens with zero attached hydrogens (tertiary/aromatic N) is 2. The van der Waals surface area contributed by atoms with E-state index in [9.17, 15) is 0 Å². The van der Waals surface area contributed by atoms with Gasteiger partial charge in [-0.25, -0.2) is 0 Å². The molecule has 3 nitrogen and oxygen atoms in total. The van der Waals surface area contributed by atoms with Crippen LogP contribution in [0.15, 0.2) is 18.2 Å². The second-order valence-corrected chi connectivity index (χ2v) is 6.64. The Balaban J connectivity index is 1.96. The number of hydrogen-bond acceptors (Lipinski definition) is 3. The van der Waals surface area contributed by atoms with E-state index in [1.807, 2.05) is 18.2 Å². The summed E-state index contributed by atoms with van der Waals surface area (Å²) in [6.07, 6.45) is 2.61. The van der Waals surface area contributed by atoms with Gasteiger partial charge in [0, 0.05) is 29.7 Å². The normalized spacial score (nSPS) is 19.3. The third-order valence-corrected chi connectivity index (χ3v) is 4.79. The lowest BCUT2D eigenvalue weighted by Crippen LogP contribution is -2.38. The molecule has 1 saturated heterocycles. The van der Waals surface area contributed by atoms with Crippen molar-refractivity contribution in [2.24, 2.45) is 5.73 Å². The van der Waals surface area contributed by atoms with Crippen LogP contribution in [0.4, 0.5) is 0 Å². The van der Waals surface area contributed by atoms with Crippen molar-refractivity contribution >= 4 is 28.8 Å². The molecule has 1 fully saturated rings. The summed E-state index contributed by atoms with van der Waals surface area (Å²) < 4.78 is 0. The van der Waals surface area contributed by atoms with Gasteiger partial charge < -0.3 is 10.6 Å². The second-order valence-electron chi connectivity index (χ2n) is 5.79. The molecule has 2 rings (SSSR count). The minimum absolute atomic E-state index is 0.390. The first-order chi connectivity index (χ1) is 10.0. The van der Waals surface area contributed by atoms with Crippen LogP contribution >= 0.6 is 23.8 Å². The zero-order valence-electron chi connectivity index (χ0n) is 12.8. The van der Waals surface area contributed by atoms with E-state index in [0.29, 0.717) is 11.0 Å². The zero-order valence-corrected chi connectivity index (χ0v) is 14.4. The Kier molecular flexibility index (Phi) is 5.99. The summed E-state index contributed by atoms with van der Waals surface area (Å²) in [6, 6.07) is 6.51. The summed E-state index contributed by atoms with van der Waals surface area (Å²) >= 11 is 11.3. The molecule has 0 spiro atoms. The van der Waals surface area contributed by atoms with Crippen LogP contribution < -0.4 is 5.73 Å². The molecule has 5 heteroatoms. The lowest BCUT2D eigenvalue weighted by atomic mass is 10.1. The Morgan fingerprint density at radius 3 is 2.90 bits per heavy atom. The van der Waals surface area contributed by atoms with Crippen molar-refractivity contribution < 1.29 is 0 Å². The average Bonchev–Trinajstić information content (AvgIpc) is 2.87. The van der Waals surface area contributed by atoms with Crippen molar-refractivity contribution in [2.75, 3.05) is 26.7 Å². The first-order valence-corrected chi connectivity index (χ1v) is 8.30. The van der Waals surface area contributed by atoms with Crippen molar-refractivity contribution in [1.82, 2.24) is 9.80 Å². The summed E-state index contributed by atoms with van der Waals surface area (Å²) in [5, 5.41) is 0.742. The maximum atomic E-state index is 6.34. The van der Waals surface area contributed by atoms with Crippen molar-refractivity contribution in [3.05, 3.63) is 34.3 Å². The summed E-state index contributed by atoms with van der Waals surface area (Å²) in [6.45, 7) is 6.55. The predicted molar refractivity (Wildman–Crippen MR) is 93.9 cm³/mol. The fourth-order valence-electron chi connectivity index (χ4n) is 3.06. The highest BCUT2D eigenvalue weighted by atomic mass is 35.5. The highest BCUT2D eigenvalue weighted by molar-refractivity contribution is 7.80. The van der Waals surface area contributed by atoms with Gasteiger partial charge in [-0.2, -0.15) is 0 Å². The largest absolute Gasteiger partial charge is 0.389 e. The lowest BCUT2D eigenvalue weighted by molar-refractivity contribution is 0.195. The summed E-state index contributed by atoms with van der Waals surface area (Å²) in [5.41, 5.74) is 7.58. The monoisotopic (exact) mass is 325 g/mol. The Morgan fingerprint density at radius 1 is 1.52 bits per heavy atom. The molecular formula is C16H24ClN3S. The Morgan fingerprint density at radius 2 is 2.29 bits per heavy atom. The zero-order chi connectivity index (χ0) is 15.4. The number of thiocarbonyl (C=S) groups is 1. The minimum atomic E-state index is 0.390. The maximum absolute atomic E-state index is 6.34. The number of rotatable bonds is 6. The number of nitrogens with two attached hydrogens (primary N) is 1. The first kappa shape index (κ1) is 16.7. The highest BCUT2D eigenvalue weighted by Gasteiger charge is 2.24. The Bertz CT molecular complexity index is 506. The van der Waals surface area contributed by atoms with Crippen LogP contribution in [-0.2, 0) is 6.54 Å². The van der Waals surface area contributed by atoms with Gasteiger partial charge in [0.25, 0.3) is 0 Å². The van der Waals surface area contributed by atoms with E-state index in [1.54, 1.807) is 0 Å². The van der Waals surface area contributed by atoms with E-state index < -0.39 is 0 Å². The number of halogens is 1. The van der Waals surface area contributed by atoms with Gasteiger partial charge in [0.1, 0.15) is 4.99 Å². The van der Waals surface area contributed by atoms with Gasteiger partial charge in [-0.15, -0.1) is 0 Å². The van der Waals surface area contributed by atoms with Gasteiger partial charge in [0.15, 0.2) is 0 Å². The molecular weight excluding hydrogens is 302 g/mol. The molecule has 0 aromatic heterocycles. The van der Waals surface area contributed by atoms with Crippen molar-refractivity contribution in [2.45, 2.75) is 32.4 Å². The van der Waals surface area contributed by atoms with Crippen molar-refractivity contribution in [1.29, 1.82) is 0 Å². The van der Waals surface area contributed by atoms with E-state index in [2.05, 4.69) is 23.8 Å². The molecule has 1 aromatic carbocycles. The SMILES string of the molecule is CCN1CCCC1CN(C)Cc1ccc(C(N)=S)cc1Cl.